The number of benzene rings is 1. The second-order valence-corrected chi connectivity index (χ2v) is 11.1. The number of amides is 2. The van der Waals surface area contributed by atoms with Crippen LogP contribution >= 0.6 is 0 Å². The predicted molar refractivity (Wildman–Crippen MR) is 132 cm³/mol. The standard InChI is InChI=1S/C14H22N4O3S.C10H13NO2.H2/c15-8-12-9-18(10-12)22(20,21)17-7-3-4-13(11-17)14(19)16-5-1-2-6-16;1-8-5-10(13-2)4-3-9(8)6-11-7-12;/h12-13H,1-7,9-11H2;3-5,7H,6H2,1-2H3,(H,11,12);1H/t13-;;/m0../s1. The molecule has 11 heteroatoms. The molecule has 0 saturated carbocycles. The minimum atomic E-state index is -3.51. The maximum atomic E-state index is 12.5. The second kappa shape index (κ2) is 12.3. The van der Waals surface area contributed by atoms with E-state index in [4.69, 9.17) is 10.00 Å². The number of rotatable bonds is 7. The van der Waals surface area contributed by atoms with E-state index in [1.807, 2.05) is 30.0 Å². The largest absolute Gasteiger partial charge is 0.497 e. The number of hydrogen-bond acceptors (Lipinski definition) is 6. The normalized spacial score (nSPS) is 21.3. The number of ether oxygens (including phenoxy) is 1. The lowest BCUT2D eigenvalue weighted by molar-refractivity contribution is -0.135. The Morgan fingerprint density at radius 3 is 2.51 bits per heavy atom. The lowest BCUT2D eigenvalue weighted by atomic mass is 9.98. The molecule has 0 bridgehead atoms. The average Bonchev–Trinajstić information content (AvgIpc) is 3.37. The van der Waals surface area contributed by atoms with Gasteiger partial charge in [0.15, 0.2) is 0 Å². The number of methoxy groups -OCH3 is 1. The van der Waals surface area contributed by atoms with E-state index in [9.17, 15) is 18.0 Å². The summed E-state index contributed by atoms with van der Waals surface area (Å²) in [5.41, 5.74) is 2.22. The highest BCUT2D eigenvalue weighted by Gasteiger charge is 2.42. The highest BCUT2D eigenvalue weighted by atomic mass is 32.2. The Hall–Kier alpha value is -2.68. The first-order valence-corrected chi connectivity index (χ1v) is 13.4. The van der Waals surface area contributed by atoms with Crippen molar-refractivity contribution in [3.05, 3.63) is 29.3 Å². The van der Waals surface area contributed by atoms with Crippen molar-refractivity contribution in [1.29, 1.82) is 5.26 Å². The van der Waals surface area contributed by atoms with Crippen LogP contribution in [0.3, 0.4) is 0 Å². The van der Waals surface area contributed by atoms with E-state index in [0.29, 0.717) is 19.5 Å². The van der Waals surface area contributed by atoms with E-state index >= 15 is 0 Å². The van der Waals surface area contributed by atoms with E-state index in [1.54, 1.807) is 7.11 Å². The zero-order chi connectivity index (χ0) is 25.4. The van der Waals surface area contributed by atoms with Crippen molar-refractivity contribution >= 4 is 22.5 Å². The molecule has 3 heterocycles. The van der Waals surface area contributed by atoms with Crippen molar-refractivity contribution in [2.24, 2.45) is 11.8 Å². The third kappa shape index (κ3) is 6.72. The van der Waals surface area contributed by atoms with Crippen molar-refractivity contribution in [2.75, 3.05) is 46.4 Å². The van der Waals surface area contributed by atoms with E-state index in [0.717, 1.165) is 55.6 Å². The van der Waals surface area contributed by atoms with Gasteiger partial charge in [-0.3, -0.25) is 9.59 Å². The Kier molecular flexibility index (Phi) is 9.48. The molecule has 0 aliphatic carbocycles. The van der Waals surface area contributed by atoms with Crippen LogP contribution in [0.25, 0.3) is 0 Å². The van der Waals surface area contributed by atoms with Gasteiger partial charge in [-0.15, -0.1) is 0 Å². The highest BCUT2D eigenvalue weighted by molar-refractivity contribution is 7.86. The topological polar surface area (TPSA) is 123 Å². The zero-order valence-electron chi connectivity index (χ0n) is 20.5. The number of nitriles is 1. The Labute approximate surface area is 209 Å². The van der Waals surface area contributed by atoms with Crippen molar-refractivity contribution in [3.63, 3.8) is 0 Å². The maximum Gasteiger partial charge on any atom is 0.282 e. The van der Waals surface area contributed by atoms with E-state index in [-0.39, 0.29) is 38.8 Å². The van der Waals surface area contributed by atoms with Crippen molar-refractivity contribution in [3.8, 4) is 11.8 Å². The molecule has 0 radical (unpaired) electrons. The third-order valence-electron chi connectivity index (χ3n) is 6.76. The van der Waals surface area contributed by atoms with Gasteiger partial charge in [0, 0.05) is 47.2 Å². The molecule has 3 saturated heterocycles. The van der Waals surface area contributed by atoms with Crippen LogP contribution in [-0.2, 0) is 26.3 Å². The SMILES string of the molecule is COc1ccc(CNC=O)c(C)c1.N#CC1CN(S(=O)(=O)N2CCC[C@H](C(=O)N3CCCC3)C2)C1.[HH]. The number of nitrogens with one attached hydrogen (secondary N) is 1. The summed E-state index contributed by atoms with van der Waals surface area (Å²) < 4.78 is 32.9. The fourth-order valence-corrected chi connectivity index (χ4v) is 6.36. The summed E-state index contributed by atoms with van der Waals surface area (Å²) in [4.78, 5) is 24.4. The van der Waals surface area contributed by atoms with Crippen LogP contribution in [0.2, 0.25) is 0 Å². The molecule has 1 aromatic rings. The van der Waals surface area contributed by atoms with Crippen LogP contribution in [0.5, 0.6) is 5.75 Å². The van der Waals surface area contributed by atoms with Gasteiger partial charge in [-0.2, -0.15) is 22.3 Å². The van der Waals surface area contributed by atoms with Gasteiger partial charge in [0.1, 0.15) is 5.75 Å². The van der Waals surface area contributed by atoms with E-state index < -0.39 is 10.2 Å². The lowest BCUT2D eigenvalue weighted by Gasteiger charge is -2.40. The summed E-state index contributed by atoms with van der Waals surface area (Å²) in [6.07, 6.45) is 4.28. The molecule has 35 heavy (non-hydrogen) atoms. The summed E-state index contributed by atoms with van der Waals surface area (Å²) in [6, 6.07) is 7.86. The van der Waals surface area contributed by atoms with Crippen LogP contribution in [0.4, 0.5) is 0 Å². The van der Waals surface area contributed by atoms with Crippen LogP contribution in [0.1, 0.15) is 38.2 Å². The number of carbonyl (C=O) groups is 2. The maximum absolute atomic E-state index is 12.5. The summed E-state index contributed by atoms with van der Waals surface area (Å²) in [5, 5.41) is 11.4. The van der Waals surface area contributed by atoms with Gasteiger partial charge in [0.05, 0.1) is 25.0 Å². The molecule has 0 spiro atoms. The molecule has 0 aromatic heterocycles. The summed E-state index contributed by atoms with van der Waals surface area (Å²) in [7, 11) is -1.88. The monoisotopic (exact) mass is 507 g/mol. The molecule has 0 unspecified atom stereocenters. The molecule has 10 nitrogen and oxygen atoms in total. The number of aryl methyl sites for hydroxylation is 1. The molecule has 1 atom stereocenters. The van der Waals surface area contributed by atoms with Crippen molar-refractivity contribution in [2.45, 2.75) is 39.2 Å². The zero-order valence-corrected chi connectivity index (χ0v) is 21.3. The number of hydrogen-bond donors (Lipinski definition) is 1. The van der Waals surface area contributed by atoms with Gasteiger partial charge in [-0.1, -0.05) is 6.07 Å². The molecular weight excluding hydrogens is 470 g/mol. The number of carbonyl (C=O) groups excluding carboxylic acids is 2. The molecule has 1 aromatic carbocycles. The van der Waals surface area contributed by atoms with Gasteiger partial charge in [-0.25, -0.2) is 0 Å². The van der Waals surface area contributed by atoms with Crippen molar-refractivity contribution < 1.29 is 24.2 Å². The van der Waals surface area contributed by atoms with E-state index in [1.165, 1.54) is 8.61 Å². The summed E-state index contributed by atoms with van der Waals surface area (Å²) in [6.45, 7) is 5.48. The van der Waals surface area contributed by atoms with Gasteiger partial charge < -0.3 is 15.0 Å². The lowest BCUT2D eigenvalue weighted by Crippen LogP contribution is -2.57. The van der Waals surface area contributed by atoms with Gasteiger partial charge in [0.2, 0.25) is 12.3 Å². The molecule has 3 aliphatic rings. The predicted octanol–water partition coefficient (Wildman–Crippen LogP) is 1.52. The molecule has 1 N–H and O–H groups in total. The number of likely N-dealkylation sites (tertiary alicyclic amines) is 1. The quantitative estimate of drug-likeness (QED) is 0.558. The van der Waals surface area contributed by atoms with Crippen LogP contribution in [0.15, 0.2) is 18.2 Å². The molecule has 3 fully saturated rings. The first-order chi connectivity index (χ1) is 16.8. The fraction of sp³-hybridized carbons (Fsp3) is 0.625. The summed E-state index contributed by atoms with van der Waals surface area (Å²) in [5.74, 6) is 0.541. The first kappa shape index (κ1) is 26.9. The molecule has 4 rings (SSSR count). The van der Waals surface area contributed by atoms with Gasteiger partial charge in [0.25, 0.3) is 10.2 Å². The second-order valence-electron chi connectivity index (χ2n) is 9.17. The van der Waals surface area contributed by atoms with Crippen LogP contribution in [0, 0.1) is 30.1 Å². The van der Waals surface area contributed by atoms with Crippen molar-refractivity contribution in [1.82, 2.24) is 18.8 Å². The average molecular weight is 508 g/mol. The highest BCUT2D eigenvalue weighted by Crippen LogP contribution is 2.27. The van der Waals surface area contributed by atoms with E-state index in [2.05, 4.69) is 11.4 Å². The Morgan fingerprint density at radius 1 is 1.20 bits per heavy atom. The Bertz CT molecular complexity index is 1040. The van der Waals surface area contributed by atoms with Crippen LogP contribution < -0.4 is 10.1 Å². The third-order valence-corrected chi connectivity index (χ3v) is 8.69. The Balaban J connectivity index is 0.000000281. The molecule has 2 amide bonds. The number of piperidine rings is 1. The smallest absolute Gasteiger partial charge is 0.282 e. The Morgan fingerprint density at radius 2 is 1.91 bits per heavy atom. The molecular formula is C24H37N5O5S. The number of nitrogens with zero attached hydrogens (tertiary/aromatic N) is 4. The molecule has 3 aliphatic heterocycles. The van der Waals surface area contributed by atoms with Gasteiger partial charge >= 0.3 is 0 Å². The fourth-order valence-electron chi connectivity index (χ4n) is 4.57. The molecule has 194 valence electrons. The first-order valence-electron chi connectivity index (χ1n) is 12.0. The summed E-state index contributed by atoms with van der Waals surface area (Å²) >= 11 is 0. The van der Waals surface area contributed by atoms with Gasteiger partial charge in [-0.05, 0) is 55.9 Å². The minimum Gasteiger partial charge on any atom is -0.497 e. The minimum absolute atomic E-state index is 0. The van der Waals surface area contributed by atoms with Crippen LogP contribution in [-0.4, -0.2) is 80.6 Å².